The molecule has 2 rings (SSSR count). The van der Waals surface area contributed by atoms with E-state index in [9.17, 15) is 9.59 Å². The van der Waals surface area contributed by atoms with Gasteiger partial charge in [0.25, 0.3) is 11.8 Å². The molecule has 118 valence electrons. The van der Waals surface area contributed by atoms with Crippen molar-refractivity contribution in [2.75, 3.05) is 6.54 Å². The van der Waals surface area contributed by atoms with Crippen LogP contribution in [0.5, 0.6) is 0 Å². The number of halogens is 1. The third-order valence-electron chi connectivity index (χ3n) is 2.99. The second-order valence-electron chi connectivity index (χ2n) is 4.71. The molecule has 0 aliphatic heterocycles. The van der Waals surface area contributed by atoms with E-state index in [1.807, 2.05) is 30.3 Å². The number of carbonyl (C=O) groups excluding carboxylic acids is 2. The van der Waals surface area contributed by atoms with Crippen molar-refractivity contribution in [3.63, 3.8) is 0 Å². The Hall–Kier alpha value is -2.79. The van der Waals surface area contributed by atoms with E-state index in [-0.39, 0.29) is 18.4 Å². The van der Waals surface area contributed by atoms with Crippen molar-refractivity contribution in [3.8, 4) is 0 Å². The minimum Gasteiger partial charge on any atom is -0.343 e. The maximum Gasteiger partial charge on any atom is 0.257 e. The van der Waals surface area contributed by atoms with Crippen molar-refractivity contribution in [2.24, 2.45) is 0 Å². The Morgan fingerprint density at radius 1 is 0.913 bits per heavy atom. The largest absolute Gasteiger partial charge is 0.343 e. The van der Waals surface area contributed by atoms with Crippen LogP contribution in [-0.4, -0.2) is 18.4 Å². The van der Waals surface area contributed by atoms with Crippen molar-refractivity contribution < 1.29 is 9.59 Å². The smallest absolute Gasteiger partial charge is 0.257 e. The number of benzene rings is 2. The molecule has 0 radical (unpaired) electrons. The second-order valence-corrected chi connectivity index (χ2v) is 5.14. The van der Waals surface area contributed by atoms with Crippen LogP contribution < -0.4 is 16.2 Å². The van der Waals surface area contributed by atoms with Crippen LogP contribution >= 0.6 is 11.6 Å². The van der Waals surface area contributed by atoms with Gasteiger partial charge in [-0.25, -0.2) is 0 Å². The summed E-state index contributed by atoms with van der Waals surface area (Å²) in [5.74, 6) is -0.733. The van der Waals surface area contributed by atoms with Crippen molar-refractivity contribution in [3.05, 3.63) is 77.3 Å². The summed E-state index contributed by atoms with van der Waals surface area (Å²) in [7, 11) is 0. The van der Waals surface area contributed by atoms with E-state index in [1.165, 1.54) is 0 Å². The van der Waals surface area contributed by atoms with Gasteiger partial charge in [0.1, 0.15) is 0 Å². The summed E-state index contributed by atoms with van der Waals surface area (Å²) in [6.07, 6.45) is 0. The van der Waals surface area contributed by atoms with E-state index in [4.69, 9.17) is 11.6 Å². The van der Waals surface area contributed by atoms with E-state index in [2.05, 4.69) is 22.7 Å². The summed E-state index contributed by atoms with van der Waals surface area (Å²) < 4.78 is 0. The highest BCUT2D eigenvalue weighted by atomic mass is 35.5. The van der Waals surface area contributed by atoms with Gasteiger partial charge >= 0.3 is 0 Å². The third kappa shape index (κ3) is 5.16. The lowest BCUT2D eigenvalue weighted by molar-refractivity contribution is -0.120. The van der Waals surface area contributed by atoms with Crippen molar-refractivity contribution in [1.29, 1.82) is 0 Å². The average molecular weight is 330 g/mol. The first kappa shape index (κ1) is 16.6. The fourth-order valence-electron chi connectivity index (χ4n) is 1.76. The average Bonchev–Trinajstić information content (AvgIpc) is 2.59. The maximum absolute atomic E-state index is 11.8. The van der Waals surface area contributed by atoms with Crippen LogP contribution in [0.3, 0.4) is 0 Å². The summed E-state index contributed by atoms with van der Waals surface area (Å²) in [5, 5.41) is 3.06. The summed E-state index contributed by atoms with van der Waals surface area (Å²) in [6.45, 7) is 3.67. The van der Waals surface area contributed by atoms with Crippen LogP contribution in [0.15, 0.2) is 61.2 Å². The van der Waals surface area contributed by atoms with E-state index in [1.54, 1.807) is 24.3 Å². The molecule has 0 aromatic heterocycles. The first-order chi connectivity index (χ1) is 11.1. The molecule has 2 aromatic carbocycles. The molecular weight excluding hydrogens is 314 g/mol. The van der Waals surface area contributed by atoms with Gasteiger partial charge in [-0.3, -0.25) is 20.4 Å². The predicted molar refractivity (Wildman–Crippen MR) is 90.5 cm³/mol. The number of amides is 2. The van der Waals surface area contributed by atoms with Crippen LogP contribution in [0.2, 0.25) is 5.02 Å². The Morgan fingerprint density at radius 3 is 2.22 bits per heavy atom. The molecule has 0 aliphatic rings. The first-order valence-corrected chi connectivity index (χ1v) is 7.27. The summed E-state index contributed by atoms with van der Waals surface area (Å²) in [5.41, 5.74) is 7.03. The molecule has 0 fully saturated rings. The van der Waals surface area contributed by atoms with E-state index < -0.39 is 0 Å². The molecule has 2 aromatic rings. The number of rotatable bonds is 6. The highest BCUT2D eigenvalue weighted by Gasteiger charge is 2.08. The number of hydrogen-bond acceptors (Lipinski definition) is 3. The minimum absolute atomic E-state index is 0.156. The van der Waals surface area contributed by atoms with E-state index in [0.29, 0.717) is 16.3 Å². The quantitative estimate of drug-likeness (QED) is 0.713. The number of nitrogens with one attached hydrogen (secondary N) is 3. The van der Waals surface area contributed by atoms with Gasteiger partial charge in [0, 0.05) is 10.6 Å². The lowest BCUT2D eigenvalue weighted by atomic mass is 10.2. The van der Waals surface area contributed by atoms with Crippen molar-refractivity contribution >= 4 is 29.1 Å². The predicted octanol–water partition coefficient (Wildman–Crippen LogP) is 2.36. The lowest BCUT2D eigenvalue weighted by Crippen LogP contribution is -2.42. The second kappa shape index (κ2) is 8.00. The lowest BCUT2D eigenvalue weighted by Gasteiger charge is -2.11. The highest BCUT2D eigenvalue weighted by molar-refractivity contribution is 6.30. The maximum atomic E-state index is 11.8. The minimum atomic E-state index is -0.385. The van der Waals surface area contributed by atoms with Crippen molar-refractivity contribution in [1.82, 2.24) is 16.2 Å². The molecular formula is C17H16ClN3O2. The summed E-state index contributed by atoms with van der Waals surface area (Å²) in [6, 6.07) is 15.8. The fraction of sp³-hybridized carbons (Fsp3) is 0.0588. The van der Waals surface area contributed by atoms with Crippen LogP contribution in [-0.2, 0) is 4.79 Å². The summed E-state index contributed by atoms with van der Waals surface area (Å²) in [4.78, 5) is 23.6. The zero-order chi connectivity index (χ0) is 16.7. The first-order valence-electron chi connectivity index (χ1n) is 6.89. The zero-order valence-corrected chi connectivity index (χ0v) is 13.1. The van der Waals surface area contributed by atoms with Gasteiger partial charge in [0.2, 0.25) is 0 Å². The van der Waals surface area contributed by atoms with Crippen LogP contribution in [0, 0.1) is 0 Å². The monoisotopic (exact) mass is 329 g/mol. The van der Waals surface area contributed by atoms with Gasteiger partial charge in [0.05, 0.1) is 12.2 Å². The van der Waals surface area contributed by atoms with Gasteiger partial charge in [0.15, 0.2) is 0 Å². The van der Waals surface area contributed by atoms with Gasteiger partial charge in [-0.1, -0.05) is 48.5 Å². The molecule has 2 amide bonds. The molecule has 0 bridgehead atoms. The van der Waals surface area contributed by atoms with Gasteiger partial charge in [-0.2, -0.15) is 0 Å². The SMILES string of the molecule is C=C(NNC(=O)CNC(=O)c1ccc(Cl)cc1)c1ccccc1. The van der Waals surface area contributed by atoms with Gasteiger partial charge in [-0.15, -0.1) is 0 Å². The molecule has 0 atom stereocenters. The topological polar surface area (TPSA) is 70.2 Å². The van der Waals surface area contributed by atoms with E-state index in [0.717, 1.165) is 5.56 Å². The third-order valence-corrected chi connectivity index (χ3v) is 3.24. The molecule has 0 saturated carbocycles. The molecule has 0 spiro atoms. The van der Waals surface area contributed by atoms with Gasteiger partial charge < -0.3 is 5.32 Å². The number of carbonyl (C=O) groups is 2. The Labute approximate surface area is 139 Å². The zero-order valence-electron chi connectivity index (χ0n) is 12.3. The molecule has 0 saturated heterocycles. The Morgan fingerprint density at radius 2 is 1.57 bits per heavy atom. The normalized spacial score (nSPS) is 9.78. The molecule has 6 heteroatoms. The molecule has 5 nitrogen and oxygen atoms in total. The molecule has 0 heterocycles. The number of hydrogen-bond donors (Lipinski definition) is 3. The number of hydrazine groups is 1. The van der Waals surface area contributed by atoms with Crippen molar-refractivity contribution in [2.45, 2.75) is 0 Å². The fourth-order valence-corrected chi connectivity index (χ4v) is 1.89. The Kier molecular flexibility index (Phi) is 5.77. The van der Waals surface area contributed by atoms with Gasteiger partial charge in [-0.05, 0) is 29.8 Å². The molecule has 0 aliphatic carbocycles. The van der Waals surface area contributed by atoms with Crippen LogP contribution in [0.1, 0.15) is 15.9 Å². The molecule has 23 heavy (non-hydrogen) atoms. The van der Waals surface area contributed by atoms with E-state index >= 15 is 0 Å². The van der Waals surface area contributed by atoms with Crippen LogP contribution in [0.4, 0.5) is 0 Å². The molecule has 3 N–H and O–H groups in total. The molecule has 0 unspecified atom stereocenters. The van der Waals surface area contributed by atoms with Crippen LogP contribution in [0.25, 0.3) is 5.70 Å². The standard InChI is InChI=1S/C17H16ClN3O2/c1-12(13-5-3-2-4-6-13)20-21-16(22)11-19-17(23)14-7-9-15(18)10-8-14/h2-10,20H,1,11H2,(H,19,23)(H,21,22). The Balaban J connectivity index is 1.76. The highest BCUT2D eigenvalue weighted by Crippen LogP contribution is 2.09. The summed E-state index contributed by atoms with van der Waals surface area (Å²) >= 11 is 5.75. The Bertz CT molecular complexity index is 700.